The van der Waals surface area contributed by atoms with Crippen LogP contribution in [0.3, 0.4) is 0 Å². The van der Waals surface area contributed by atoms with Gasteiger partial charge in [-0.25, -0.2) is 0 Å². The smallest absolute Gasteiger partial charge is 0.326 e. The third-order valence-electron chi connectivity index (χ3n) is 1.27. The Balaban J connectivity index is 2.84. The highest BCUT2D eigenvalue weighted by molar-refractivity contribution is 6.29. The molecule has 1 unspecified atom stereocenters. The minimum Gasteiger partial charge on any atom is -0.480 e. The Morgan fingerprint density at radius 1 is 1.73 bits per heavy atom. The molecule has 1 aromatic rings. The van der Waals surface area contributed by atoms with Crippen molar-refractivity contribution >= 4 is 17.6 Å². The van der Waals surface area contributed by atoms with E-state index >= 15 is 0 Å². The number of carboxylic acid groups (broad SMARTS) is 1. The zero-order valence-electron chi connectivity index (χ0n) is 5.54. The summed E-state index contributed by atoms with van der Waals surface area (Å²) in [6, 6.07) is 2.07. The van der Waals surface area contributed by atoms with E-state index in [2.05, 4.69) is 4.98 Å². The molecule has 0 spiro atoms. The van der Waals surface area contributed by atoms with Gasteiger partial charge in [0.1, 0.15) is 11.2 Å². The Kier molecular flexibility index (Phi) is 2.16. The van der Waals surface area contributed by atoms with Crippen molar-refractivity contribution in [2.75, 3.05) is 0 Å². The van der Waals surface area contributed by atoms with Gasteiger partial charge in [-0.05, 0) is 12.1 Å². The molecule has 0 aliphatic rings. The molecular weight excluding hydrogens is 168 g/mol. The highest BCUT2D eigenvalue weighted by atomic mass is 35.5. The molecule has 4 nitrogen and oxygen atoms in total. The van der Waals surface area contributed by atoms with Crippen molar-refractivity contribution in [3.63, 3.8) is 0 Å². The summed E-state index contributed by atoms with van der Waals surface area (Å²) >= 11 is 5.51. The number of nitrogens with two attached hydrogens (primary N) is 1. The van der Waals surface area contributed by atoms with Crippen LogP contribution in [0.2, 0.25) is 5.15 Å². The first-order valence-corrected chi connectivity index (χ1v) is 3.32. The van der Waals surface area contributed by atoms with Gasteiger partial charge in [0.15, 0.2) is 0 Å². The summed E-state index contributed by atoms with van der Waals surface area (Å²) < 4.78 is 0. The summed E-state index contributed by atoms with van der Waals surface area (Å²) in [5, 5.41) is 8.84. The molecule has 0 fully saturated rings. The highest BCUT2D eigenvalue weighted by Gasteiger charge is 2.14. The minimum atomic E-state index is -1.08. The number of halogens is 1. The number of hydrogen-bond acceptors (Lipinski definition) is 2. The monoisotopic (exact) mass is 174 g/mol. The Bertz CT molecular complexity index is 271. The lowest BCUT2D eigenvalue weighted by atomic mass is 10.2. The number of aromatic amines is 1. The van der Waals surface area contributed by atoms with Crippen molar-refractivity contribution in [3.8, 4) is 0 Å². The lowest BCUT2D eigenvalue weighted by molar-refractivity contribution is -0.138. The molecule has 0 aliphatic heterocycles. The summed E-state index contributed by atoms with van der Waals surface area (Å²) in [6.45, 7) is 0. The van der Waals surface area contributed by atoms with Gasteiger partial charge in [-0.15, -0.1) is 0 Å². The molecule has 1 heterocycles. The van der Waals surface area contributed by atoms with Crippen LogP contribution in [0.25, 0.3) is 0 Å². The van der Waals surface area contributed by atoms with Crippen molar-refractivity contribution in [2.45, 2.75) is 6.04 Å². The van der Waals surface area contributed by atoms with Gasteiger partial charge in [-0.2, -0.15) is 0 Å². The van der Waals surface area contributed by atoms with Crippen LogP contribution in [-0.4, -0.2) is 16.1 Å². The lowest BCUT2D eigenvalue weighted by Crippen LogP contribution is -2.20. The quantitative estimate of drug-likeness (QED) is 0.619. The fourth-order valence-corrected chi connectivity index (χ4v) is 0.871. The Hall–Kier alpha value is -1.00. The second-order valence-corrected chi connectivity index (χ2v) is 2.48. The fourth-order valence-electron chi connectivity index (χ4n) is 0.699. The molecule has 0 saturated heterocycles. The molecule has 0 amide bonds. The molecule has 0 radical (unpaired) electrons. The van der Waals surface area contributed by atoms with Crippen LogP contribution < -0.4 is 5.73 Å². The predicted molar refractivity (Wildman–Crippen MR) is 40.4 cm³/mol. The number of aromatic nitrogens is 1. The first kappa shape index (κ1) is 8.10. The molecule has 1 atom stereocenters. The van der Waals surface area contributed by atoms with E-state index in [0.29, 0.717) is 10.8 Å². The molecule has 1 rings (SSSR count). The van der Waals surface area contributed by atoms with Crippen LogP contribution in [0, 0.1) is 0 Å². The molecular formula is C6H7ClN2O2. The van der Waals surface area contributed by atoms with E-state index < -0.39 is 12.0 Å². The third-order valence-corrected chi connectivity index (χ3v) is 1.49. The van der Waals surface area contributed by atoms with Crippen LogP contribution in [0.4, 0.5) is 0 Å². The molecule has 0 saturated carbocycles. The number of rotatable bonds is 2. The van der Waals surface area contributed by atoms with E-state index in [9.17, 15) is 4.79 Å². The van der Waals surface area contributed by atoms with E-state index in [4.69, 9.17) is 22.4 Å². The van der Waals surface area contributed by atoms with Gasteiger partial charge in [0.2, 0.25) is 0 Å². The summed E-state index contributed by atoms with van der Waals surface area (Å²) in [5.41, 5.74) is 5.67. The van der Waals surface area contributed by atoms with Gasteiger partial charge in [-0.1, -0.05) is 11.6 Å². The molecule has 0 aromatic carbocycles. The van der Waals surface area contributed by atoms with Crippen LogP contribution in [-0.2, 0) is 4.79 Å². The molecule has 0 bridgehead atoms. The summed E-state index contributed by atoms with van der Waals surface area (Å²) in [7, 11) is 0. The lowest BCUT2D eigenvalue weighted by Gasteiger charge is -2.01. The number of carbonyl (C=O) groups is 1. The van der Waals surface area contributed by atoms with E-state index in [1.165, 1.54) is 0 Å². The number of H-pyrrole nitrogens is 1. The van der Waals surface area contributed by atoms with E-state index in [1.807, 2.05) is 0 Å². The summed E-state index contributed by atoms with van der Waals surface area (Å²) in [6.07, 6.45) is 0. The van der Waals surface area contributed by atoms with Crippen LogP contribution >= 0.6 is 11.6 Å². The van der Waals surface area contributed by atoms with E-state index in [1.54, 1.807) is 12.1 Å². The van der Waals surface area contributed by atoms with E-state index in [0.717, 1.165) is 0 Å². The average molecular weight is 175 g/mol. The van der Waals surface area contributed by atoms with Crippen LogP contribution in [0.15, 0.2) is 12.1 Å². The van der Waals surface area contributed by atoms with Gasteiger partial charge in [-0.3, -0.25) is 4.79 Å². The first-order chi connectivity index (χ1) is 5.11. The van der Waals surface area contributed by atoms with Gasteiger partial charge in [0.05, 0.1) is 0 Å². The highest BCUT2D eigenvalue weighted by Crippen LogP contribution is 2.13. The van der Waals surface area contributed by atoms with Crippen molar-refractivity contribution in [3.05, 3.63) is 23.0 Å². The van der Waals surface area contributed by atoms with Crippen molar-refractivity contribution in [2.24, 2.45) is 5.73 Å². The number of nitrogens with one attached hydrogen (secondary N) is 1. The fraction of sp³-hybridized carbons (Fsp3) is 0.167. The molecule has 11 heavy (non-hydrogen) atoms. The maximum atomic E-state index is 10.3. The van der Waals surface area contributed by atoms with E-state index in [-0.39, 0.29) is 0 Å². The normalized spacial score (nSPS) is 12.9. The van der Waals surface area contributed by atoms with Gasteiger partial charge in [0, 0.05) is 5.69 Å². The second-order valence-electron chi connectivity index (χ2n) is 2.08. The zero-order chi connectivity index (χ0) is 8.43. The maximum absolute atomic E-state index is 10.3. The third kappa shape index (κ3) is 1.72. The van der Waals surface area contributed by atoms with Crippen molar-refractivity contribution < 1.29 is 9.90 Å². The Morgan fingerprint density at radius 2 is 2.36 bits per heavy atom. The standard InChI is InChI=1S/C6H7ClN2O2/c7-4-2-1-3(9-4)5(8)6(10)11/h1-2,5,9H,8H2,(H,10,11). The molecule has 4 N–H and O–H groups in total. The van der Waals surface area contributed by atoms with Gasteiger partial charge >= 0.3 is 5.97 Å². The van der Waals surface area contributed by atoms with Crippen LogP contribution in [0.1, 0.15) is 11.7 Å². The van der Waals surface area contributed by atoms with Gasteiger partial charge < -0.3 is 15.8 Å². The van der Waals surface area contributed by atoms with Gasteiger partial charge in [0.25, 0.3) is 0 Å². The molecule has 1 aromatic heterocycles. The number of aliphatic carboxylic acids is 1. The average Bonchev–Trinajstić information content (AvgIpc) is 2.34. The minimum absolute atomic E-state index is 0.386. The SMILES string of the molecule is NC(C(=O)O)c1ccc(Cl)[nH]1. The number of carboxylic acids is 1. The topological polar surface area (TPSA) is 79.1 Å². The zero-order valence-corrected chi connectivity index (χ0v) is 6.30. The molecule has 0 aliphatic carbocycles. The maximum Gasteiger partial charge on any atom is 0.326 e. The Labute approximate surface area is 68.0 Å². The largest absolute Gasteiger partial charge is 0.480 e. The van der Waals surface area contributed by atoms with Crippen molar-refractivity contribution in [1.82, 2.24) is 4.98 Å². The molecule has 60 valence electrons. The van der Waals surface area contributed by atoms with Crippen molar-refractivity contribution in [1.29, 1.82) is 0 Å². The summed E-state index contributed by atoms with van der Waals surface area (Å²) in [5.74, 6) is -1.08. The Morgan fingerprint density at radius 3 is 2.73 bits per heavy atom. The summed E-state index contributed by atoms with van der Waals surface area (Å²) in [4.78, 5) is 12.9. The second kappa shape index (κ2) is 2.94. The first-order valence-electron chi connectivity index (χ1n) is 2.94. The predicted octanol–water partition coefficient (Wildman–Crippen LogP) is 0.752. The van der Waals surface area contributed by atoms with Crippen LogP contribution in [0.5, 0.6) is 0 Å². The number of hydrogen-bond donors (Lipinski definition) is 3. The molecule has 5 heteroatoms.